The molecule has 17 heavy (non-hydrogen) atoms. The normalized spacial score (nSPS) is 32.9. The molecule has 0 radical (unpaired) electrons. The minimum atomic E-state index is -0.814. The molecule has 0 aromatic heterocycles. The van der Waals surface area contributed by atoms with E-state index in [1.807, 2.05) is 20.8 Å². The van der Waals surface area contributed by atoms with Crippen molar-refractivity contribution in [2.45, 2.75) is 64.4 Å². The van der Waals surface area contributed by atoms with Crippen molar-refractivity contribution >= 4 is 5.97 Å². The van der Waals surface area contributed by atoms with Crippen LogP contribution >= 0.6 is 0 Å². The zero-order valence-electron chi connectivity index (χ0n) is 10.9. The van der Waals surface area contributed by atoms with Crippen molar-refractivity contribution in [2.24, 2.45) is 5.92 Å². The SMILES string of the molecule is CCOC(=O)C(C)C1(C)O[C@H]2CCCC[C@@H]2O1. The molecule has 0 bridgehead atoms. The zero-order chi connectivity index (χ0) is 12.5. The summed E-state index contributed by atoms with van der Waals surface area (Å²) in [5.74, 6) is -1.44. The minimum absolute atomic E-state index is 0.158. The van der Waals surface area contributed by atoms with E-state index in [-0.39, 0.29) is 24.1 Å². The lowest BCUT2D eigenvalue weighted by molar-refractivity contribution is -0.207. The van der Waals surface area contributed by atoms with Crippen LogP contribution in [0.4, 0.5) is 0 Å². The second-order valence-corrected chi connectivity index (χ2v) is 5.09. The van der Waals surface area contributed by atoms with Gasteiger partial charge in [0.2, 0.25) is 0 Å². The number of fused-ring (bicyclic) bond motifs is 1. The molecular weight excluding hydrogens is 220 g/mol. The lowest BCUT2D eigenvalue weighted by Gasteiger charge is -2.28. The summed E-state index contributed by atoms with van der Waals surface area (Å²) in [5, 5.41) is 0. The Kier molecular flexibility index (Phi) is 3.73. The van der Waals surface area contributed by atoms with Crippen molar-refractivity contribution in [3.63, 3.8) is 0 Å². The second kappa shape index (κ2) is 4.94. The van der Waals surface area contributed by atoms with Crippen molar-refractivity contribution in [3.05, 3.63) is 0 Å². The fraction of sp³-hybridized carbons (Fsp3) is 0.923. The molecule has 1 saturated carbocycles. The summed E-state index contributed by atoms with van der Waals surface area (Å²) in [6.07, 6.45) is 4.77. The smallest absolute Gasteiger partial charge is 0.314 e. The lowest BCUT2D eigenvalue weighted by atomic mass is 9.95. The van der Waals surface area contributed by atoms with Gasteiger partial charge in [-0.1, -0.05) is 12.8 Å². The third kappa shape index (κ3) is 2.47. The zero-order valence-corrected chi connectivity index (χ0v) is 10.9. The first kappa shape index (κ1) is 12.8. The van der Waals surface area contributed by atoms with Crippen LogP contribution in [0.25, 0.3) is 0 Å². The molecule has 1 unspecified atom stereocenters. The van der Waals surface area contributed by atoms with Gasteiger partial charge in [-0.15, -0.1) is 0 Å². The molecule has 3 atom stereocenters. The van der Waals surface area contributed by atoms with E-state index >= 15 is 0 Å². The van der Waals surface area contributed by atoms with E-state index in [4.69, 9.17) is 14.2 Å². The van der Waals surface area contributed by atoms with Crippen LogP contribution in [0.5, 0.6) is 0 Å². The van der Waals surface area contributed by atoms with Gasteiger partial charge in [0.1, 0.15) is 5.92 Å². The first-order valence-electron chi connectivity index (χ1n) is 6.59. The highest BCUT2D eigenvalue weighted by Crippen LogP contribution is 2.40. The number of esters is 1. The minimum Gasteiger partial charge on any atom is -0.466 e. The summed E-state index contributed by atoms with van der Waals surface area (Å²) in [6.45, 7) is 5.87. The van der Waals surface area contributed by atoms with Crippen LogP contribution < -0.4 is 0 Å². The maximum Gasteiger partial charge on any atom is 0.314 e. The van der Waals surface area contributed by atoms with Gasteiger partial charge in [0.15, 0.2) is 5.79 Å². The Morgan fingerprint density at radius 1 is 1.35 bits per heavy atom. The van der Waals surface area contributed by atoms with E-state index in [1.54, 1.807) is 0 Å². The maximum atomic E-state index is 11.8. The molecule has 0 spiro atoms. The fourth-order valence-corrected chi connectivity index (χ4v) is 2.65. The predicted octanol–water partition coefficient (Wildman–Crippen LogP) is 2.26. The van der Waals surface area contributed by atoms with Crippen LogP contribution in [0, 0.1) is 5.92 Å². The molecule has 1 aliphatic carbocycles. The Labute approximate surface area is 103 Å². The van der Waals surface area contributed by atoms with Gasteiger partial charge >= 0.3 is 5.97 Å². The van der Waals surface area contributed by atoms with Crippen molar-refractivity contribution in [3.8, 4) is 0 Å². The second-order valence-electron chi connectivity index (χ2n) is 5.09. The Balaban J connectivity index is 2.02. The number of ether oxygens (including phenoxy) is 3. The van der Waals surface area contributed by atoms with Crippen LogP contribution in [0.15, 0.2) is 0 Å². The third-order valence-corrected chi connectivity index (χ3v) is 3.84. The van der Waals surface area contributed by atoms with Gasteiger partial charge in [0.25, 0.3) is 0 Å². The van der Waals surface area contributed by atoms with Crippen LogP contribution in [0.2, 0.25) is 0 Å². The Morgan fingerprint density at radius 3 is 2.35 bits per heavy atom. The summed E-state index contributed by atoms with van der Waals surface area (Å²) < 4.78 is 17.0. The van der Waals surface area contributed by atoms with Crippen LogP contribution in [-0.2, 0) is 19.0 Å². The molecule has 0 amide bonds. The van der Waals surface area contributed by atoms with E-state index in [1.165, 1.54) is 12.8 Å². The standard InChI is InChI=1S/C13H22O4/c1-4-15-12(14)9(2)13(3)16-10-7-5-6-8-11(10)17-13/h9-11H,4-8H2,1-3H3/t9?,10-,11-/m0/s1. The summed E-state index contributed by atoms with van der Waals surface area (Å²) in [5.41, 5.74) is 0. The molecule has 1 aliphatic heterocycles. The van der Waals surface area contributed by atoms with Gasteiger partial charge in [-0.3, -0.25) is 4.79 Å². The number of hydrogen-bond acceptors (Lipinski definition) is 4. The average Bonchev–Trinajstić information content (AvgIpc) is 2.65. The van der Waals surface area contributed by atoms with E-state index in [2.05, 4.69) is 0 Å². The highest BCUT2D eigenvalue weighted by molar-refractivity contribution is 5.73. The Morgan fingerprint density at radius 2 is 1.88 bits per heavy atom. The fourth-order valence-electron chi connectivity index (χ4n) is 2.65. The van der Waals surface area contributed by atoms with Crippen LogP contribution in [-0.4, -0.2) is 30.6 Å². The molecule has 2 aliphatic rings. The molecule has 2 rings (SSSR count). The predicted molar refractivity (Wildman–Crippen MR) is 62.4 cm³/mol. The number of rotatable bonds is 3. The van der Waals surface area contributed by atoms with Crippen LogP contribution in [0.3, 0.4) is 0 Å². The first-order valence-corrected chi connectivity index (χ1v) is 6.59. The topological polar surface area (TPSA) is 44.8 Å². The molecule has 1 saturated heterocycles. The van der Waals surface area contributed by atoms with E-state index < -0.39 is 5.79 Å². The van der Waals surface area contributed by atoms with E-state index in [9.17, 15) is 4.79 Å². The molecule has 4 heteroatoms. The first-order chi connectivity index (χ1) is 8.07. The van der Waals surface area contributed by atoms with Gasteiger partial charge in [-0.25, -0.2) is 0 Å². The van der Waals surface area contributed by atoms with E-state index in [0.717, 1.165) is 12.8 Å². The largest absolute Gasteiger partial charge is 0.466 e. The quantitative estimate of drug-likeness (QED) is 0.712. The summed E-state index contributed by atoms with van der Waals surface area (Å²) in [6, 6.07) is 0. The van der Waals surface area contributed by atoms with Crippen molar-refractivity contribution in [1.29, 1.82) is 0 Å². The lowest BCUT2D eigenvalue weighted by Crippen LogP contribution is -2.40. The van der Waals surface area contributed by atoms with Crippen molar-refractivity contribution in [1.82, 2.24) is 0 Å². The molecule has 0 N–H and O–H groups in total. The average molecular weight is 242 g/mol. The highest BCUT2D eigenvalue weighted by Gasteiger charge is 2.50. The maximum absolute atomic E-state index is 11.8. The molecule has 0 aromatic carbocycles. The molecular formula is C13H22O4. The summed E-state index contributed by atoms with van der Waals surface area (Å²) in [4.78, 5) is 11.8. The van der Waals surface area contributed by atoms with Crippen molar-refractivity contribution in [2.75, 3.05) is 6.61 Å². The third-order valence-electron chi connectivity index (χ3n) is 3.84. The molecule has 1 heterocycles. The van der Waals surface area contributed by atoms with Gasteiger partial charge < -0.3 is 14.2 Å². The highest BCUT2D eigenvalue weighted by atomic mass is 16.8. The Bertz CT molecular complexity index is 275. The summed E-state index contributed by atoms with van der Waals surface area (Å²) in [7, 11) is 0. The molecule has 0 aromatic rings. The number of carbonyl (C=O) groups excluding carboxylic acids is 1. The van der Waals surface area contributed by atoms with Gasteiger partial charge in [0.05, 0.1) is 18.8 Å². The van der Waals surface area contributed by atoms with Crippen molar-refractivity contribution < 1.29 is 19.0 Å². The van der Waals surface area contributed by atoms with E-state index in [0.29, 0.717) is 6.61 Å². The Hall–Kier alpha value is -0.610. The van der Waals surface area contributed by atoms with Gasteiger partial charge in [-0.2, -0.15) is 0 Å². The van der Waals surface area contributed by atoms with Gasteiger partial charge in [0, 0.05) is 0 Å². The number of carbonyl (C=O) groups is 1. The van der Waals surface area contributed by atoms with Gasteiger partial charge in [-0.05, 0) is 33.6 Å². The summed E-state index contributed by atoms with van der Waals surface area (Å²) >= 11 is 0. The molecule has 98 valence electrons. The molecule has 2 fully saturated rings. The monoisotopic (exact) mass is 242 g/mol. The van der Waals surface area contributed by atoms with Crippen LogP contribution in [0.1, 0.15) is 46.5 Å². The molecule has 4 nitrogen and oxygen atoms in total. The number of hydrogen-bond donors (Lipinski definition) is 0.